The molecule has 5 nitrogen and oxygen atoms in total. The number of benzene rings is 2. The van der Waals surface area contributed by atoms with Crippen molar-refractivity contribution in [2.75, 3.05) is 0 Å². The highest BCUT2D eigenvalue weighted by Crippen LogP contribution is 2.29. The van der Waals surface area contributed by atoms with Crippen LogP contribution in [0.15, 0.2) is 65.9 Å². The van der Waals surface area contributed by atoms with Gasteiger partial charge in [-0.05, 0) is 29.5 Å². The lowest BCUT2D eigenvalue weighted by atomic mass is 9.93. The molecule has 140 valence electrons. The van der Waals surface area contributed by atoms with E-state index in [1.54, 1.807) is 6.92 Å². The number of nitrogens with one attached hydrogen (secondary N) is 2. The molecule has 5 heteroatoms. The Kier molecular flexibility index (Phi) is 5.60. The van der Waals surface area contributed by atoms with Gasteiger partial charge in [-0.2, -0.15) is 0 Å². The van der Waals surface area contributed by atoms with Gasteiger partial charge in [0.05, 0.1) is 11.6 Å². The van der Waals surface area contributed by atoms with Gasteiger partial charge in [0.1, 0.15) is 6.61 Å². The van der Waals surface area contributed by atoms with Crippen molar-refractivity contribution in [3.63, 3.8) is 0 Å². The minimum atomic E-state index is -0.539. The molecular formula is C22H24N2O3. The number of esters is 1. The van der Waals surface area contributed by atoms with Crippen molar-refractivity contribution >= 4 is 12.0 Å². The number of carbonyl (C=O) groups is 2. The van der Waals surface area contributed by atoms with Gasteiger partial charge >= 0.3 is 12.0 Å². The Labute approximate surface area is 159 Å². The molecular weight excluding hydrogens is 340 g/mol. The zero-order valence-electron chi connectivity index (χ0n) is 15.8. The SMILES string of the molecule is CC1=C(C(=O)OCc2ccccc2)[C@H](c2ccc(C(C)C)cc2)NC(=O)N1. The molecule has 0 spiro atoms. The van der Waals surface area contributed by atoms with Gasteiger partial charge in [0.15, 0.2) is 0 Å². The van der Waals surface area contributed by atoms with Crippen molar-refractivity contribution in [2.45, 2.75) is 39.3 Å². The second-order valence-electron chi connectivity index (χ2n) is 6.95. The van der Waals surface area contributed by atoms with E-state index in [2.05, 4.69) is 24.5 Å². The highest BCUT2D eigenvalue weighted by molar-refractivity contribution is 5.95. The van der Waals surface area contributed by atoms with Crippen LogP contribution in [0.25, 0.3) is 0 Å². The predicted molar refractivity (Wildman–Crippen MR) is 104 cm³/mol. The van der Waals surface area contributed by atoms with Crippen LogP contribution in [-0.2, 0) is 16.1 Å². The molecule has 0 aromatic heterocycles. The highest BCUT2D eigenvalue weighted by atomic mass is 16.5. The first-order chi connectivity index (χ1) is 13.0. The summed E-state index contributed by atoms with van der Waals surface area (Å²) in [7, 11) is 0. The second-order valence-corrected chi connectivity index (χ2v) is 6.95. The maximum Gasteiger partial charge on any atom is 0.338 e. The molecule has 0 aliphatic carbocycles. The third kappa shape index (κ3) is 4.37. The minimum Gasteiger partial charge on any atom is -0.457 e. The monoisotopic (exact) mass is 364 g/mol. The minimum absolute atomic E-state index is 0.184. The largest absolute Gasteiger partial charge is 0.457 e. The molecule has 1 aliphatic heterocycles. The lowest BCUT2D eigenvalue weighted by molar-refractivity contribution is -0.140. The summed E-state index contributed by atoms with van der Waals surface area (Å²) in [6.07, 6.45) is 0. The number of hydrogen-bond acceptors (Lipinski definition) is 3. The van der Waals surface area contributed by atoms with Gasteiger partial charge in [-0.15, -0.1) is 0 Å². The average molecular weight is 364 g/mol. The fraction of sp³-hybridized carbons (Fsp3) is 0.273. The number of urea groups is 1. The van der Waals surface area contributed by atoms with Crippen LogP contribution in [0.4, 0.5) is 4.79 Å². The molecule has 2 N–H and O–H groups in total. The molecule has 1 heterocycles. The van der Waals surface area contributed by atoms with E-state index in [1.165, 1.54) is 5.56 Å². The molecule has 0 fully saturated rings. The van der Waals surface area contributed by atoms with Gasteiger partial charge in [0, 0.05) is 5.70 Å². The molecule has 2 amide bonds. The Hall–Kier alpha value is -3.08. The third-order valence-corrected chi connectivity index (χ3v) is 4.64. The molecule has 3 rings (SSSR count). The van der Waals surface area contributed by atoms with E-state index in [-0.39, 0.29) is 12.6 Å². The normalized spacial score (nSPS) is 16.7. The van der Waals surface area contributed by atoms with Crippen molar-refractivity contribution in [1.29, 1.82) is 0 Å². The Morgan fingerprint density at radius 1 is 1.07 bits per heavy atom. The summed E-state index contributed by atoms with van der Waals surface area (Å²) in [4.78, 5) is 24.7. The molecule has 0 bridgehead atoms. The molecule has 0 saturated carbocycles. The smallest absolute Gasteiger partial charge is 0.338 e. The van der Waals surface area contributed by atoms with Crippen LogP contribution in [-0.4, -0.2) is 12.0 Å². The zero-order valence-corrected chi connectivity index (χ0v) is 15.8. The maximum atomic E-state index is 12.8. The van der Waals surface area contributed by atoms with E-state index in [9.17, 15) is 9.59 Å². The predicted octanol–water partition coefficient (Wildman–Crippen LogP) is 4.18. The zero-order chi connectivity index (χ0) is 19.4. The summed E-state index contributed by atoms with van der Waals surface area (Å²) in [5, 5.41) is 5.50. The maximum absolute atomic E-state index is 12.8. The number of hydrogen-bond donors (Lipinski definition) is 2. The Morgan fingerprint density at radius 2 is 1.74 bits per heavy atom. The molecule has 1 atom stereocenters. The number of ether oxygens (including phenoxy) is 1. The molecule has 27 heavy (non-hydrogen) atoms. The van der Waals surface area contributed by atoms with Gasteiger partial charge < -0.3 is 15.4 Å². The van der Waals surface area contributed by atoms with E-state index in [0.29, 0.717) is 17.2 Å². The standard InChI is InChI=1S/C22H24N2O3/c1-14(2)17-9-11-18(12-10-17)20-19(15(3)23-22(26)24-20)21(25)27-13-16-7-5-4-6-8-16/h4-12,14,20H,13H2,1-3H3,(H2,23,24,26)/t20-/m0/s1. The van der Waals surface area contributed by atoms with Crippen LogP contribution >= 0.6 is 0 Å². The van der Waals surface area contributed by atoms with Gasteiger partial charge in [0.25, 0.3) is 0 Å². The number of allylic oxidation sites excluding steroid dienone is 1. The first-order valence-electron chi connectivity index (χ1n) is 9.05. The first kappa shape index (κ1) is 18.7. The van der Waals surface area contributed by atoms with Gasteiger partial charge in [-0.3, -0.25) is 0 Å². The fourth-order valence-corrected chi connectivity index (χ4v) is 3.09. The first-order valence-corrected chi connectivity index (χ1v) is 9.05. The second kappa shape index (κ2) is 8.08. The number of rotatable bonds is 5. The summed E-state index contributed by atoms with van der Waals surface area (Å²) < 4.78 is 5.50. The van der Waals surface area contributed by atoms with Gasteiger partial charge in [0.2, 0.25) is 0 Å². The van der Waals surface area contributed by atoms with Crippen molar-refractivity contribution in [3.05, 3.63) is 82.6 Å². The quantitative estimate of drug-likeness (QED) is 0.782. The molecule has 0 radical (unpaired) electrons. The molecule has 0 saturated heterocycles. The Bertz CT molecular complexity index is 855. The number of amides is 2. The summed E-state index contributed by atoms with van der Waals surface area (Å²) in [5.41, 5.74) is 3.89. The lowest BCUT2D eigenvalue weighted by Gasteiger charge is -2.28. The van der Waals surface area contributed by atoms with Crippen molar-refractivity contribution in [3.8, 4) is 0 Å². The van der Waals surface area contributed by atoms with E-state index >= 15 is 0 Å². The average Bonchev–Trinajstić information content (AvgIpc) is 2.66. The number of carbonyl (C=O) groups excluding carboxylic acids is 2. The Balaban J connectivity index is 1.84. The molecule has 0 unspecified atom stereocenters. The van der Waals surface area contributed by atoms with Gasteiger partial charge in [-0.1, -0.05) is 68.4 Å². The molecule has 2 aromatic rings. The summed E-state index contributed by atoms with van der Waals surface area (Å²) in [6, 6.07) is 16.6. The highest BCUT2D eigenvalue weighted by Gasteiger charge is 2.32. The van der Waals surface area contributed by atoms with Crippen LogP contribution in [0.5, 0.6) is 0 Å². The van der Waals surface area contributed by atoms with Crippen LogP contribution in [0.1, 0.15) is 49.4 Å². The van der Waals surface area contributed by atoms with Gasteiger partial charge in [-0.25, -0.2) is 9.59 Å². The summed E-state index contributed by atoms with van der Waals surface area (Å²) in [5.74, 6) is -0.0314. The van der Waals surface area contributed by atoms with E-state index in [1.807, 2.05) is 54.6 Å². The van der Waals surface area contributed by atoms with Crippen molar-refractivity contribution in [1.82, 2.24) is 10.6 Å². The van der Waals surface area contributed by atoms with Crippen LogP contribution in [0.2, 0.25) is 0 Å². The Morgan fingerprint density at radius 3 is 2.37 bits per heavy atom. The van der Waals surface area contributed by atoms with Crippen molar-refractivity contribution in [2.24, 2.45) is 0 Å². The third-order valence-electron chi connectivity index (χ3n) is 4.64. The van der Waals surface area contributed by atoms with E-state index < -0.39 is 12.0 Å². The van der Waals surface area contributed by atoms with Crippen LogP contribution in [0, 0.1) is 0 Å². The molecule has 2 aromatic carbocycles. The van der Waals surface area contributed by atoms with E-state index in [0.717, 1.165) is 11.1 Å². The van der Waals surface area contributed by atoms with Crippen LogP contribution < -0.4 is 10.6 Å². The molecule has 1 aliphatic rings. The lowest BCUT2D eigenvalue weighted by Crippen LogP contribution is -2.45. The topological polar surface area (TPSA) is 67.4 Å². The summed E-state index contributed by atoms with van der Waals surface area (Å²) >= 11 is 0. The van der Waals surface area contributed by atoms with E-state index in [4.69, 9.17) is 4.74 Å². The fourth-order valence-electron chi connectivity index (χ4n) is 3.09. The summed E-state index contributed by atoms with van der Waals surface area (Å²) in [6.45, 7) is 6.15. The van der Waals surface area contributed by atoms with Crippen molar-refractivity contribution < 1.29 is 14.3 Å². The van der Waals surface area contributed by atoms with Crippen LogP contribution in [0.3, 0.4) is 0 Å².